The highest BCUT2D eigenvalue weighted by Gasteiger charge is 2.37. The molecule has 148 valence electrons. The molecule has 27 heavy (non-hydrogen) atoms. The summed E-state index contributed by atoms with van der Waals surface area (Å²) < 4.78 is 27.1. The maximum atomic E-state index is 12.9. The van der Waals surface area contributed by atoms with Gasteiger partial charge in [-0.3, -0.25) is 14.6 Å². The summed E-state index contributed by atoms with van der Waals surface area (Å²) in [5, 5.41) is 2.75. The van der Waals surface area contributed by atoms with Gasteiger partial charge < -0.3 is 5.32 Å². The van der Waals surface area contributed by atoms with Crippen LogP contribution in [0.15, 0.2) is 23.1 Å². The van der Waals surface area contributed by atoms with Gasteiger partial charge in [0.05, 0.1) is 16.1 Å². The van der Waals surface area contributed by atoms with Gasteiger partial charge in [-0.15, -0.1) is 0 Å². The Labute approximate surface area is 168 Å². The monoisotopic (exact) mass is 434 g/mol. The van der Waals surface area contributed by atoms with Crippen LogP contribution in [0, 0.1) is 0 Å². The Balaban J connectivity index is 1.68. The predicted molar refractivity (Wildman–Crippen MR) is 101 cm³/mol. The van der Waals surface area contributed by atoms with Crippen LogP contribution in [-0.2, 0) is 14.8 Å². The molecular weight excluding hydrogens is 415 g/mol. The fourth-order valence-electron chi connectivity index (χ4n) is 3.25. The first-order valence-corrected chi connectivity index (χ1v) is 10.7. The van der Waals surface area contributed by atoms with Crippen LogP contribution in [-0.4, -0.2) is 79.8 Å². The molecule has 0 saturated carbocycles. The third-order valence-electron chi connectivity index (χ3n) is 4.82. The zero-order valence-corrected chi connectivity index (χ0v) is 17.0. The van der Waals surface area contributed by atoms with E-state index in [1.165, 1.54) is 21.3 Å². The fraction of sp³-hybridized carbons (Fsp3) is 0.500. The van der Waals surface area contributed by atoms with Crippen molar-refractivity contribution in [2.24, 2.45) is 0 Å². The van der Waals surface area contributed by atoms with Crippen molar-refractivity contribution in [2.75, 3.05) is 39.3 Å². The zero-order valence-electron chi connectivity index (χ0n) is 14.7. The van der Waals surface area contributed by atoms with E-state index in [9.17, 15) is 18.0 Å². The Hall–Kier alpha value is -1.39. The van der Waals surface area contributed by atoms with E-state index in [1.807, 2.05) is 4.90 Å². The molecule has 0 aromatic heterocycles. The lowest BCUT2D eigenvalue weighted by Gasteiger charge is -2.37. The second-order valence-electron chi connectivity index (χ2n) is 6.39. The molecule has 1 atom stereocenters. The van der Waals surface area contributed by atoms with Crippen molar-refractivity contribution in [2.45, 2.75) is 17.9 Å². The van der Waals surface area contributed by atoms with E-state index in [2.05, 4.69) is 5.32 Å². The molecule has 2 heterocycles. The van der Waals surface area contributed by atoms with Gasteiger partial charge in [0.2, 0.25) is 15.9 Å². The van der Waals surface area contributed by atoms with Crippen molar-refractivity contribution >= 4 is 45.2 Å². The molecule has 2 fully saturated rings. The number of nitrogens with one attached hydrogen (secondary N) is 1. The molecule has 11 heteroatoms. The fourth-order valence-corrected chi connectivity index (χ4v) is 5.77. The van der Waals surface area contributed by atoms with Gasteiger partial charge in [0.15, 0.2) is 0 Å². The zero-order chi connectivity index (χ0) is 19.8. The smallest absolute Gasteiger partial charge is 0.324 e. The number of urea groups is 1. The SMILES string of the molecule is C[C@@H](C(=O)N1CCNC1=O)N1CCN(S(=O)(=O)c2c(Cl)cccc2Cl)CC1. The summed E-state index contributed by atoms with van der Waals surface area (Å²) in [6.07, 6.45) is 0. The van der Waals surface area contributed by atoms with E-state index in [1.54, 1.807) is 13.0 Å². The van der Waals surface area contributed by atoms with Crippen LogP contribution < -0.4 is 5.32 Å². The Morgan fingerprint density at radius 1 is 1.11 bits per heavy atom. The summed E-state index contributed by atoms with van der Waals surface area (Å²) in [6, 6.07) is 3.66. The predicted octanol–water partition coefficient (Wildman–Crippen LogP) is 1.24. The van der Waals surface area contributed by atoms with Gasteiger partial charge in [0, 0.05) is 39.3 Å². The van der Waals surface area contributed by atoms with Crippen LogP contribution in [0.25, 0.3) is 0 Å². The Morgan fingerprint density at radius 2 is 1.70 bits per heavy atom. The molecule has 1 aromatic rings. The number of carbonyl (C=O) groups is 2. The van der Waals surface area contributed by atoms with Crippen molar-refractivity contribution in [3.8, 4) is 0 Å². The Bertz CT molecular complexity index is 836. The molecule has 2 aliphatic rings. The van der Waals surface area contributed by atoms with Gasteiger partial charge in [-0.25, -0.2) is 13.2 Å². The molecule has 3 rings (SSSR count). The summed E-state index contributed by atoms with van der Waals surface area (Å²) >= 11 is 12.1. The Kier molecular flexibility index (Phi) is 5.97. The summed E-state index contributed by atoms with van der Waals surface area (Å²) in [4.78, 5) is 27.1. The minimum absolute atomic E-state index is 0.0773. The summed E-state index contributed by atoms with van der Waals surface area (Å²) in [5.41, 5.74) is 0. The van der Waals surface area contributed by atoms with Gasteiger partial charge in [-0.1, -0.05) is 29.3 Å². The van der Waals surface area contributed by atoms with Crippen molar-refractivity contribution in [1.82, 2.24) is 19.4 Å². The van der Waals surface area contributed by atoms with Crippen LogP contribution in [0.4, 0.5) is 4.79 Å². The first kappa shape index (κ1) is 20.3. The van der Waals surface area contributed by atoms with E-state index in [-0.39, 0.29) is 40.0 Å². The number of benzene rings is 1. The van der Waals surface area contributed by atoms with E-state index in [0.29, 0.717) is 26.2 Å². The highest BCUT2D eigenvalue weighted by Crippen LogP contribution is 2.32. The molecule has 0 aliphatic carbocycles. The highest BCUT2D eigenvalue weighted by molar-refractivity contribution is 7.89. The Morgan fingerprint density at radius 3 is 2.22 bits per heavy atom. The maximum Gasteiger partial charge on any atom is 0.324 e. The topological polar surface area (TPSA) is 90.0 Å². The number of sulfonamides is 1. The molecule has 1 N–H and O–H groups in total. The quantitative estimate of drug-likeness (QED) is 0.769. The lowest BCUT2D eigenvalue weighted by atomic mass is 10.2. The van der Waals surface area contributed by atoms with E-state index >= 15 is 0 Å². The van der Waals surface area contributed by atoms with Crippen molar-refractivity contribution < 1.29 is 18.0 Å². The van der Waals surface area contributed by atoms with Crippen LogP contribution in [0.2, 0.25) is 10.0 Å². The van der Waals surface area contributed by atoms with Gasteiger partial charge in [0.1, 0.15) is 4.90 Å². The molecule has 0 unspecified atom stereocenters. The summed E-state index contributed by atoms with van der Waals surface area (Å²) in [6.45, 7) is 3.65. The van der Waals surface area contributed by atoms with Gasteiger partial charge >= 0.3 is 6.03 Å². The van der Waals surface area contributed by atoms with E-state index < -0.39 is 16.1 Å². The van der Waals surface area contributed by atoms with Gasteiger partial charge in [-0.2, -0.15) is 4.31 Å². The van der Waals surface area contributed by atoms with Crippen LogP contribution in [0.1, 0.15) is 6.92 Å². The van der Waals surface area contributed by atoms with E-state index in [4.69, 9.17) is 23.2 Å². The molecule has 1 aromatic carbocycles. The second kappa shape index (κ2) is 7.92. The van der Waals surface area contributed by atoms with E-state index in [0.717, 1.165) is 0 Å². The summed E-state index contributed by atoms with van der Waals surface area (Å²) in [7, 11) is -3.83. The van der Waals surface area contributed by atoms with Crippen molar-refractivity contribution in [1.29, 1.82) is 0 Å². The molecule has 0 radical (unpaired) electrons. The molecular formula is C16H20Cl2N4O4S. The lowest BCUT2D eigenvalue weighted by Crippen LogP contribution is -2.55. The molecule has 2 aliphatic heterocycles. The average Bonchev–Trinajstić information content (AvgIpc) is 3.06. The van der Waals surface area contributed by atoms with Crippen molar-refractivity contribution in [3.63, 3.8) is 0 Å². The van der Waals surface area contributed by atoms with Gasteiger partial charge in [-0.05, 0) is 19.1 Å². The molecule has 0 spiro atoms. The third kappa shape index (κ3) is 3.93. The molecule has 8 nitrogen and oxygen atoms in total. The van der Waals surface area contributed by atoms with Gasteiger partial charge in [0.25, 0.3) is 0 Å². The number of hydrogen-bond acceptors (Lipinski definition) is 5. The number of hydrogen-bond donors (Lipinski definition) is 1. The number of carbonyl (C=O) groups excluding carboxylic acids is 2. The van der Waals surface area contributed by atoms with Crippen LogP contribution >= 0.6 is 23.2 Å². The first-order chi connectivity index (χ1) is 12.7. The second-order valence-corrected chi connectivity index (χ2v) is 9.08. The number of rotatable bonds is 4. The normalized spacial score (nSPS) is 20.6. The third-order valence-corrected chi connectivity index (χ3v) is 7.67. The lowest BCUT2D eigenvalue weighted by molar-refractivity contribution is -0.133. The van der Waals surface area contributed by atoms with Crippen LogP contribution in [0.3, 0.4) is 0 Å². The molecule has 3 amide bonds. The molecule has 0 bridgehead atoms. The highest BCUT2D eigenvalue weighted by atomic mass is 35.5. The summed E-state index contributed by atoms with van der Waals surface area (Å²) in [5.74, 6) is -0.282. The average molecular weight is 435 g/mol. The number of amides is 3. The van der Waals surface area contributed by atoms with Crippen molar-refractivity contribution in [3.05, 3.63) is 28.2 Å². The standard InChI is InChI=1S/C16H20Cl2N4O4S/c1-11(15(23)22-6-5-19-16(22)24)20-7-9-21(10-8-20)27(25,26)14-12(17)3-2-4-13(14)18/h2-4,11H,5-10H2,1H3,(H,19,24)/t11-/m0/s1. The number of halogens is 2. The minimum atomic E-state index is -3.83. The van der Waals surface area contributed by atoms with Crippen LogP contribution in [0.5, 0.6) is 0 Å². The molecule has 2 saturated heterocycles. The number of nitrogens with zero attached hydrogens (tertiary/aromatic N) is 3. The maximum absolute atomic E-state index is 12.9. The minimum Gasteiger partial charge on any atom is -0.336 e. The number of piperazine rings is 1. The number of imide groups is 1. The first-order valence-electron chi connectivity index (χ1n) is 8.51. The largest absolute Gasteiger partial charge is 0.336 e.